The lowest BCUT2D eigenvalue weighted by molar-refractivity contribution is 0.0178. The van der Waals surface area contributed by atoms with Crippen molar-refractivity contribution in [2.45, 2.75) is 32.7 Å². The van der Waals surface area contributed by atoms with E-state index in [4.69, 9.17) is 4.74 Å². The maximum absolute atomic E-state index is 11.7. The average molecular weight is 330 g/mol. The molecule has 1 aromatic heterocycles. The number of pyridine rings is 1. The lowest BCUT2D eigenvalue weighted by Crippen LogP contribution is -2.36. The SMILES string of the molecule is Cc1ccc(C(O)C(O)CNC(=O)OCc2ccccc2)c(C)n1. The van der Waals surface area contributed by atoms with E-state index in [0.717, 1.165) is 11.3 Å². The van der Waals surface area contributed by atoms with Crippen LogP contribution < -0.4 is 5.32 Å². The molecule has 128 valence electrons. The summed E-state index contributed by atoms with van der Waals surface area (Å²) < 4.78 is 5.05. The molecule has 1 heterocycles. The molecule has 3 N–H and O–H groups in total. The highest BCUT2D eigenvalue weighted by molar-refractivity contribution is 5.67. The van der Waals surface area contributed by atoms with Crippen LogP contribution in [0.2, 0.25) is 0 Å². The van der Waals surface area contributed by atoms with E-state index in [1.807, 2.05) is 37.3 Å². The van der Waals surface area contributed by atoms with Gasteiger partial charge in [-0.15, -0.1) is 0 Å². The Morgan fingerprint density at radius 2 is 1.88 bits per heavy atom. The average Bonchev–Trinajstić information content (AvgIpc) is 2.58. The lowest BCUT2D eigenvalue weighted by Gasteiger charge is -2.20. The molecule has 0 radical (unpaired) electrons. The maximum atomic E-state index is 11.7. The van der Waals surface area contributed by atoms with Gasteiger partial charge in [-0.1, -0.05) is 36.4 Å². The Morgan fingerprint density at radius 1 is 1.17 bits per heavy atom. The van der Waals surface area contributed by atoms with Crippen LogP contribution in [0.4, 0.5) is 4.79 Å². The van der Waals surface area contributed by atoms with Crippen LogP contribution in [0.3, 0.4) is 0 Å². The fourth-order valence-corrected chi connectivity index (χ4v) is 2.29. The van der Waals surface area contributed by atoms with Gasteiger partial charge in [0.2, 0.25) is 0 Å². The lowest BCUT2D eigenvalue weighted by atomic mass is 10.0. The Labute approximate surface area is 141 Å². The number of nitrogens with zero attached hydrogens (tertiary/aromatic N) is 1. The molecule has 0 saturated carbocycles. The van der Waals surface area contributed by atoms with Crippen LogP contribution in [0.5, 0.6) is 0 Å². The highest BCUT2D eigenvalue weighted by Crippen LogP contribution is 2.19. The molecule has 2 atom stereocenters. The molecular weight excluding hydrogens is 308 g/mol. The summed E-state index contributed by atoms with van der Waals surface area (Å²) in [6, 6.07) is 12.8. The van der Waals surface area contributed by atoms with Gasteiger partial charge in [0, 0.05) is 23.5 Å². The Hall–Kier alpha value is -2.44. The van der Waals surface area contributed by atoms with Gasteiger partial charge in [-0.3, -0.25) is 4.98 Å². The van der Waals surface area contributed by atoms with E-state index < -0.39 is 18.3 Å². The zero-order valence-corrected chi connectivity index (χ0v) is 13.8. The van der Waals surface area contributed by atoms with Gasteiger partial charge in [0.1, 0.15) is 18.8 Å². The number of carbonyl (C=O) groups excluding carboxylic acids is 1. The van der Waals surface area contributed by atoms with Gasteiger partial charge in [-0.2, -0.15) is 0 Å². The predicted octanol–water partition coefficient (Wildman–Crippen LogP) is 2.02. The minimum atomic E-state index is -1.16. The van der Waals surface area contributed by atoms with E-state index in [-0.39, 0.29) is 13.2 Å². The fourth-order valence-electron chi connectivity index (χ4n) is 2.29. The first-order valence-electron chi connectivity index (χ1n) is 7.72. The van der Waals surface area contributed by atoms with Gasteiger partial charge in [0.25, 0.3) is 0 Å². The number of nitrogens with one attached hydrogen (secondary N) is 1. The Morgan fingerprint density at radius 3 is 2.54 bits per heavy atom. The molecule has 0 saturated heterocycles. The quantitative estimate of drug-likeness (QED) is 0.754. The van der Waals surface area contributed by atoms with E-state index in [2.05, 4.69) is 10.3 Å². The maximum Gasteiger partial charge on any atom is 0.407 e. The number of rotatable bonds is 6. The number of hydrogen-bond acceptors (Lipinski definition) is 5. The molecule has 0 aliphatic heterocycles. The first kappa shape index (κ1) is 17.9. The molecule has 1 amide bonds. The van der Waals surface area contributed by atoms with Crippen molar-refractivity contribution in [3.63, 3.8) is 0 Å². The first-order chi connectivity index (χ1) is 11.5. The number of alkyl carbamates (subject to hydrolysis) is 1. The van der Waals surface area contributed by atoms with Crippen molar-refractivity contribution in [3.8, 4) is 0 Å². The van der Waals surface area contributed by atoms with Crippen LogP contribution in [-0.4, -0.2) is 33.9 Å². The summed E-state index contributed by atoms with van der Waals surface area (Å²) in [5.41, 5.74) is 2.89. The molecule has 2 aromatic rings. The summed E-state index contributed by atoms with van der Waals surface area (Å²) in [5.74, 6) is 0. The Kier molecular flexibility index (Phi) is 6.28. The van der Waals surface area contributed by atoms with E-state index in [1.54, 1.807) is 19.1 Å². The van der Waals surface area contributed by atoms with Gasteiger partial charge in [0.15, 0.2) is 0 Å². The van der Waals surface area contributed by atoms with Crippen molar-refractivity contribution in [1.82, 2.24) is 10.3 Å². The summed E-state index contributed by atoms with van der Waals surface area (Å²) >= 11 is 0. The van der Waals surface area contributed by atoms with Crippen LogP contribution >= 0.6 is 0 Å². The summed E-state index contributed by atoms with van der Waals surface area (Å²) in [6.45, 7) is 3.64. The molecule has 6 nitrogen and oxygen atoms in total. The summed E-state index contributed by atoms with van der Waals surface area (Å²) in [7, 11) is 0. The summed E-state index contributed by atoms with van der Waals surface area (Å²) in [4.78, 5) is 15.9. The van der Waals surface area contributed by atoms with Gasteiger partial charge >= 0.3 is 6.09 Å². The largest absolute Gasteiger partial charge is 0.445 e. The van der Waals surface area contributed by atoms with Crippen LogP contribution in [0.25, 0.3) is 0 Å². The zero-order valence-electron chi connectivity index (χ0n) is 13.8. The monoisotopic (exact) mass is 330 g/mol. The van der Waals surface area contributed by atoms with E-state index in [0.29, 0.717) is 11.3 Å². The van der Waals surface area contributed by atoms with Crippen molar-refractivity contribution in [3.05, 3.63) is 65.0 Å². The molecule has 2 unspecified atom stereocenters. The van der Waals surface area contributed by atoms with Gasteiger partial charge in [-0.05, 0) is 25.5 Å². The highest BCUT2D eigenvalue weighted by Gasteiger charge is 2.21. The zero-order chi connectivity index (χ0) is 17.5. The number of aryl methyl sites for hydroxylation is 2. The molecule has 1 aromatic carbocycles. The van der Waals surface area contributed by atoms with Crippen molar-refractivity contribution >= 4 is 6.09 Å². The number of ether oxygens (including phenoxy) is 1. The van der Waals surface area contributed by atoms with E-state index >= 15 is 0 Å². The highest BCUT2D eigenvalue weighted by atomic mass is 16.5. The predicted molar refractivity (Wildman–Crippen MR) is 89.3 cm³/mol. The number of aliphatic hydroxyl groups excluding tert-OH is 2. The third kappa shape index (κ3) is 5.04. The smallest absolute Gasteiger partial charge is 0.407 e. The minimum absolute atomic E-state index is 0.123. The number of carbonyl (C=O) groups is 1. The molecule has 0 bridgehead atoms. The normalized spacial score (nSPS) is 13.2. The standard InChI is InChI=1S/C18H22N2O4/c1-12-8-9-15(13(2)20-12)17(22)16(21)10-19-18(23)24-11-14-6-4-3-5-7-14/h3-9,16-17,21-22H,10-11H2,1-2H3,(H,19,23). The Balaban J connectivity index is 1.81. The second-order valence-corrected chi connectivity index (χ2v) is 5.58. The number of amides is 1. The molecule has 0 spiro atoms. The van der Waals surface area contributed by atoms with Crippen LogP contribution in [0, 0.1) is 13.8 Å². The van der Waals surface area contributed by atoms with Crippen LogP contribution in [-0.2, 0) is 11.3 Å². The van der Waals surface area contributed by atoms with Gasteiger partial charge < -0.3 is 20.3 Å². The second-order valence-electron chi connectivity index (χ2n) is 5.58. The van der Waals surface area contributed by atoms with Gasteiger partial charge in [-0.25, -0.2) is 4.79 Å². The fraction of sp³-hybridized carbons (Fsp3) is 0.333. The van der Waals surface area contributed by atoms with E-state index in [1.165, 1.54) is 0 Å². The van der Waals surface area contributed by atoms with Crippen molar-refractivity contribution in [2.75, 3.05) is 6.54 Å². The third-order valence-corrected chi connectivity index (χ3v) is 3.62. The van der Waals surface area contributed by atoms with E-state index in [9.17, 15) is 15.0 Å². The molecule has 0 aliphatic carbocycles. The van der Waals surface area contributed by atoms with Gasteiger partial charge in [0.05, 0.1) is 0 Å². The molecule has 24 heavy (non-hydrogen) atoms. The van der Waals surface area contributed by atoms with Crippen LogP contribution in [0.15, 0.2) is 42.5 Å². The summed E-state index contributed by atoms with van der Waals surface area (Å²) in [5, 5.41) is 22.7. The minimum Gasteiger partial charge on any atom is -0.445 e. The molecule has 2 rings (SSSR count). The first-order valence-corrected chi connectivity index (χ1v) is 7.72. The molecule has 0 aliphatic rings. The third-order valence-electron chi connectivity index (χ3n) is 3.62. The molecule has 6 heteroatoms. The topological polar surface area (TPSA) is 91.7 Å². The second kappa shape index (κ2) is 8.42. The number of aromatic nitrogens is 1. The molecular formula is C18H22N2O4. The van der Waals surface area contributed by atoms with Crippen molar-refractivity contribution < 1.29 is 19.7 Å². The van der Waals surface area contributed by atoms with Crippen LogP contribution in [0.1, 0.15) is 28.6 Å². The number of benzene rings is 1. The number of hydrogen-bond donors (Lipinski definition) is 3. The van der Waals surface area contributed by atoms with Crippen molar-refractivity contribution in [1.29, 1.82) is 0 Å². The van der Waals surface area contributed by atoms with Crippen molar-refractivity contribution in [2.24, 2.45) is 0 Å². The molecule has 0 fully saturated rings. The number of aliphatic hydroxyl groups is 2. The Bertz CT molecular complexity index is 676. The summed E-state index contributed by atoms with van der Waals surface area (Å²) in [6.07, 6.45) is -2.94.